The van der Waals surface area contributed by atoms with Crippen molar-refractivity contribution < 1.29 is 0 Å². The second kappa shape index (κ2) is 8.58. The van der Waals surface area contributed by atoms with E-state index in [1.807, 2.05) is 18.2 Å². The zero-order valence-corrected chi connectivity index (χ0v) is 22.6. The minimum absolute atomic E-state index is 0.824. The van der Waals surface area contributed by atoms with E-state index in [9.17, 15) is 0 Å². The molecule has 5 aromatic heterocycles. The summed E-state index contributed by atoms with van der Waals surface area (Å²) in [6.45, 7) is 0. The van der Waals surface area contributed by atoms with Crippen molar-refractivity contribution >= 4 is 65.5 Å². The van der Waals surface area contributed by atoms with Crippen LogP contribution in [0.25, 0.3) is 76.9 Å². The number of nitrogens with zero attached hydrogens (tertiary/aromatic N) is 5. The summed E-state index contributed by atoms with van der Waals surface area (Å²) < 4.78 is 10.5. The van der Waals surface area contributed by atoms with Gasteiger partial charge in [-0.3, -0.25) is 9.13 Å². The molecule has 4 aromatic carbocycles. The first-order chi connectivity index (χ1) is 20.3. The van der Waals surface area contributed by atoms with Gasteiger partial charge in [0, 0.05) is 32.5 Å². The van der Waals surface area contributed by atoms with Crippen LogP contribution in [0.3, 0.4) is 0 Å². The molecule has 6 heteroatoms. The Labute approximate surface area is 238 Å². The minimum atomic E-state index is 0.824. The average molecular weight is 544 g/mol. The van der Waals surface area contributed by atoms with Crippen LogP contribution in [0.2, 0.25) is 0 Å². The van der Waals surface area contributed by atoms with Crippen molar-refractivity contribution in [1.29, 1.82) is 0 Å². The second-order valence-electron chi connectivity index (χ2n) is 10.2. The van der Waals surface area contributed by atoms with Gasteiger partial charge in [0.2, 0.25) is 0 Å². The lowest BCUT2D eigenvalue weighted by molar-refractivity contribution is 1.04. The van der Waals surface area contributed by atoms with Crippen molar-refractivity contribution in [3.05, 3.63) is 127 Å². The third kappa shape index (κ3) is 3.25. The largest absolute Gasteiger partial charge is 0.278 e. The number of aromatic nitrogens is 5. The van der Waals surface area contributed by atoms with E-state index in [2.05, 4.69) is 118 Å². The van der Waals surface area contributed by atoms with Gasteiger partial charge in [-0.05, 0) is 60.1 Å². The zero-order valence-electron chi connectivity index (χ0n) is 21.8. The number of hydrogen-bond donors (Lipinski definition) is 0. The molecule has 0 aliphatic rings. The van der Waals surface area contributed by atoms with Crippen LogP contribution in [0.5, 0.6) is 0 Å². The maximum absolute atomic E-state index is 5.37. The fraction of sp³-hybridized carbons (Fsp3) is 0. The molecule has 5 nitrogen and oxygen atoms in total. The van der Waals surface area contributed by atoms with Gasteiger partial charge >= 0.3 is 0 Å². The molecule has 0 bridgehead atoms. The molecule has 0 aliphatic carbocycles. The monoisotopic (exact) mass is 543 g/mol. The van der Waals surface area contributed by atoms with E-state index in [1.165, 1.54) is 11.5 Å². The molecule has 192 valence electrons. The molecule has 0 saturated carbocycles. The second-order valence-corrected chi connectivity index (χ2v) is 11.0. The first-order valence-corrected chi connectivity index (χ1v) is 14.3. The Morgan fingerprint density at radius 2 is 1.07 bits per heavy atom. The predicted molar refractivity (Wildman–Crippen MR) is 169 cm³/mol. The van der Waals surface area contributed by atoms with Crippen molar-refractivity contribution in [3.8, 4) is 22.9 Å². The Balaban J connectivity index is 1.37. The quantitative estimate of drug-likeness (QED) is 0.223. The average Bonchev–Trinajstić information content (AvgIpc) is 3.70. The van der Waals surface area contributed by atoms with Crippen molar-refractivity contribution in [2.24, 2.45) is 0 Å². The smallest absolute Gasteiger partial charge is 0.160 e. The summed E-state index contributed by atoms with van der Waals surface area (Å²) >= 11 is 1.52. The van der Waals surface area contributed by atoms with Gasteiger partial charge in [0.15, 0.2) is 5.82 Å². The molecule has 0 spiro atoms. The molecule has 0 N–H and O–H groups in total. The van der Waals surface area contributed by atoms with Crippen LogP contribution >= 0.6 is 11.5 Å². The van der Waals surface area contributed by atoms with Crippen LogP contribution in [0.4, 0.5) is 0 Å². The molecule has 5 heterocycles. The van der Waals surface area contributed by atoms with Gasteiger partial charge in [0.1, 0.15) is 17.1 Å². The van der Waals surface area contributed by atoms with Crippen LogP contribution in [0.15, 0.2) is 127 Å². The third-order valence-corrected chi connectivity index (χ3v) is 8.72. The van der Waals surface area contributed by atoms with Crippen molar-refractivity contribution in [2.45, 2.75) is 0 Å². The van der Waals surface area contributed by atoms with Crippen molar-refractivity contribution in [2.75, 3.05) is 0 Å². The number of rotatable bonds is 3. The van der Waals surface area contributed by atoms with Gasteiger partial charge in [-0.15, -0.1) is 0 Å². The molecule has 0 atom stereocenters. The molecule has 0 aliphatic heterocycles. The van der Waals surface area contributed by atoms with E-state index in [1.54, 1.807) is 0 Å². The third-order valence-electron chi connectivity index (χ3n) is 7.90. The highest BCUT2D eigenvalue weighted by atomic mass is 32.1. The normalized spacial score (nSPS) is 11.9. The van der Waals surface area contributed by atoms with E-state index in [-0.39, 0.29) is 0 Å². The van der Waals surface area contributed by atoms with Crippen LogP contribution in [-0.4, -0.2) is 23.5 Å². The number of fused-ring (bicyclic) bond motifs is 7. The molecular weight excluding hydrogens is 522 g/mol. The van der Waals surface area contributed by atoms with Gasteiger partial charge in [0.05, 0.1) is 21.4 Å². The van der Waals surface area contributed by atoms with Crippen LogP contribution < -0.4 is 0 Å². The molecule has 9 aromatic rings. The summed E-state index contributed by atoms with van der Waals surface area (Å²) in [7, 11) is 0. The Morgan fingerprint density at radius 3 is 1.85 bits per heavy atom. The Kier molecular flexibility index (Phi) is 4.71. The summed E-state index contributed by atoms with van der Waals surface area (Å²) in [6, 6.07) is 44.3. The number of hydrogen-bond acceptors (Lipinski definition) is 4. The summed E-state index contributed by atoms with van der Waals surface area (Å²) in [6.07, 6.45) is 0. The topological polar surface area (TPSA) is 48.5 Å². The highest BCUT2D eigenvalue weighted by molar-refractivity contribution is 7.13. The molecule has 0 fully saturated rings. The molecular formula is C35H21N5S. The fourth-order valence-electron chi connectivity index (χ4n) is 6.04. The van der Waals surface area contributed by atoms with E-state index >= 15 is 0 Å². The van der Waals surface area contributed by atoms with Gasteiger partial charge in [-0.2, -0.15) is 4.37 Å². The standard InChI is InChI=1S/C35H21N5S/c1-2-10-22(11-3-1)28-20-18-25-23-12-4-7-15-29(23)39(33(25)36-28)32-21-19-26-24-13-5-8-16-30(24)40(34(26)37-32)35-27-14-6-9-17-31(27)41-38-35/h1-21H. The lowest BCUT2D eigenvalue weighted by atomic mass is 10.1. The summed E-state index contributed by atoms with van der Waals surface area (Å²) in [4.78, 5) is 10.6. The summed E-state index contributed by atoms with van der Waals surface area (Å²) in [5, 5.41) is 5.64. The maximum Gasteiger partial charge on any atom is 0.160 e. The van der Waals surface area contributed by atoms with Crippen molar-refractivity contribution in [1.82, 2.24) is 23.5 Å². The van der Waals surface area contributed by atoms with Gasteiger partial charge in [0.25, 0.3) is 0 Å². The van der Waals surface area contributed by atoms with E-state index in [0.29, 0.717) is 0 Å². The summed E-state index contributed by atoms with van der Waals surface area (Å²) in [5.74, 6) is 1.73. The lowest BCUT2D eigenvalue weighted by Crippen LogP contribution is -2.02. The molecule has 0 radical (unpaired) electrons. The number of para-hydroxylation sites is 2. The minimum Gasteiger partial charge on any atom is -0.278 e. The van der Waals surface area contributed by atoms with E-state index in [4.69, 9.17) is 14.3 Å². The van der Waals surface area contributed by atoms with Gasteiger partial charge in [-0.25, -0.2) is 9.97 Å². The first kappa shape index (κ1) is 22.5. The van der Waals surface area contributed by atoms with Crippen LogP contribution in [0, 0.1) is 0 Å². The highest BCUT2D eigenvalue weighted by Gasteiger charge is 2.20. The predicted octanol–water partition coefficient (Wildman–Crippen LogP) is 8.95. The lowest BCUT2D eigenvalue weighted by Gasteiger charge is -2.09. The Bertz CT molecular complexity index is 2430. The van der Waals surface area contributed by atoms with E-state index in [0.717, 1.165) is 76.9 Å². The van der Waals surface area contributed by atoms with Crippen LogP contribution in [0.1, 0.15) is 0 Å². The van der Waals surface area contributed by atoms with Crippen LogP contribution in [-0.2, 0) is 0 Å². The summed E-state index contributed by atoms with van der Waals surface area (Å²) in [5.41, 5.74) is 5.96. The SMILES string of the molecule is c1ccc(-c2ccc3c4ccccc4n(-c4ccc5c6ccccc6n(-c6nsc7ccccc67)c5n4)c3n2)cc1. The van der Waals surface area contributed by atoms with Gasteiger partial charge < -0.3 is 0 Å². The Hall–Kier alpha value is -5.33. The number of pyridine rings is 2. The fourth-order valence-corrected chi connectivity index (χ4v) is 6.81. The van der Waals surface area contributed by atoms with E-state index < -0.39 is 0 Å². The van der Waals surface area contributed by atoms with Crippen molar-refractivity contribution in [3.63, 3.8) is 0 Å². The van der Waals surface area contributed by atoms with Gasteiger partial charge in [-0.1, -0.05) is 78.9 Å². The molecule has 0 unspecified atom stereocenters. The molecule has 0 amide bonds. The zero-order chi connectivity index (χ0) is 26.9. The molecule has 0 saturated heterocycles. The first-order valence-electron chi connectivity index (χ1n) is 13.6. The highest BCUT2D eigenvalue weighted by Crippen LogP contribution is 2.37. The Morgan fingerprint density at radius 1 is 0.463 bits per heavy atom. The molecule has 9 rings (SSSR count). The molecule has 41 heavy (non-hydrogen) atoms. The maximum atomic E-state index is 5.37. The number of benzene rings is 4.